The second-order valence-corrected chi connectivity index (χ2v) is 5.56. The second kappa shape index (κ2) is 7.89. The van der Waals surface area contributed by atoms with Gasteiger partial charge in [-0.05, 0) is 13.8 Å². The van der Waals surface area contributed by atoms with Crippen LogP contribution in [0.15, 0.2) is 11.1 Å². The molecule has 6 heteroatoms. The van der Waals surface area contributed by atoms with E-state index in [0.29, 0.717) is 23.6 Å². The summed E-state index contributed by atoms with van der Waals surface area (Å²) in [5, 5.41) is 1.15. The van der Waals surface area contributed by atoms with E-state index in [9.17, 15) is 4.57 Å². The number of halogens is 2. The minimum absolute atomic E-state index is 0.221. The predicted molar refractivity (Wildman–Crippen MR) is 63.5 cm³/mol. The summed E-state index contributed by atoms with van der Waals surface area (Å²) in [7, 11) is -2.97. The van der Waals surface area contributed by atoms with Crippen molar-refractivity contribution in [2.24, 2.45) is 0 Å². The van der Waals surface area contributed by atoms with Crippen LogP contribution >= 0.6 is 35.1 Å². The molecule has 0 unspecified atom stereocenters. The molecule has 0 aromatic carbocycles. The third-order valence-corrected chi connectivity index (χ3v) is 4.46. The Morgan fingerprint density at radius 2 is 1.93 bits per heavy atom. The Hall–Kier alpha value is 0.660. The smallest absolute Gasteiger partial charge is 0.309 e. The molecule has 0 saturated heterocycles. The van der Waals surface area contributed by atoms with Gasteiger partial charge >= 0.3 is 7.60 Å². The Kier molecular flexibility index (Phi) is 8.26. The Balaban J connectivity index is 4.29. The van der Waals surface area contributed by atoms with Gasteiger partial charge in [0, 0.05) is 10.4 Å². The molecular weight excluding hydrogens is 290 g/mol. The summed E-state index contributed by atoms with van der Waals surface area (Å²) in [6.07, 6.45) is 1.88. The van der Waals surface area contributed by atoms with Crippen molar-refractivity contribution >= 4 is 35.1 Å². The van der Waals surface area contributed by atoms with Gasteiger partial charge in [-0.2, -0.15) is 0 Å². The van der Waals surface area contributed by atoms with Gasteiger partial charge in [0.25, 0.3) is 0 Å². The Bertz CT molecular complexity index is 223. The first-order valence-corrected chi connectivity index (χ1v) is 7.59. The maximum absolute atomic E-state index is 11.9. The zero-order valence-corrected chi connectivity index (χ0v) is 11.6. The third-order valence-electron chi connectivity index (χ3n) is 1.32. The SMILES string of the molecule is CCOP(=O)(CC=C(Cl)CBr)OCC. The summed E-state index contributed by atoms with van der Waals surface area (Å²) in [5.74, 6) is 0. The zero-order valence-electron chi connectivity index (χ0n) is 8.33. The number of rotatable bonds is 7. The minimum atomic E-state index is -2.97. The molecule has 0 aromatic heterocycles. The number of hydrogen-bond donors (Lipinski definition) is 0. The molecule has 0 spiro atoms. The molecule has 0 aliphatic rings. The van der Waals surface area contributed by atoms with E-state index in [-0.39, 0.29) is 6.16 Å². The molecule has 3 nitrogen and oxygen atoms in total. The third kappa shape index (κ3) is 6.20. The highest BCUT2D eigenvalue weighted by atomic mass is 79.9. The highest BCUT2D eigenvalue weighted by Crippen LogP contribution is 2.48. The molecule has 0 heterocycles. The summed E-state index contributed by atoms with van der Waals surface area (Å²) in [4.78, 5) is 0. The lowest BCUT2D eigenvalue weighted by Gasteiger charge is -2.14. The molecule has 0 aliphatic heterocycles. The molecule has 84 valence electrons. The number of allylic oxidation sites excluding steroid dienone is 2. The van der Waals surface area contributed by atoms with E-state index < -0.39 is 7.60 Å². The first-order valence-electron chi connectivity index (χ1n) is 4.36. The fourth-order valence-electron chi connectivity index (χ4n) is 0.801. The molecule has 0 aliphatic carbocycles. The Morgan fingerprint density at radius 3 is 2.29 bits per heavy atom. The largest absolute Gasteiger partial charge is 0.334 e. The van der Waals surface area contributed by atoms with E-state index in [1.54, 1.807) is 19.9 Å². The van der Waals surface area contributed by atoms with Crippen LogP contribution in [0.1, 0.15) is 13.8 Å². The van der Waals surface area contributed by atoms with Gasteiger partial charge in [-0.3, -0.25) is 4.57 Å². The van der Waals surface area contributed by atoms with Crippen molar-refractivity contribution in [3.8, 4) is 0 Å². The lowest BCUT2D eigenvalue weighted by atomic mass is 10.6. The normalized spacial score (nSPS) is 13.3. The highest BCUT2D eigenvalue weighted by molar-refractivity contribution is 9.09. The van der Waals surface area contributed by atoms with Gasteiger partial charge in [-0.25, -0.2) is 0 Å². The summed E-state index contributed by atoms with van der Waals surface area (Å²) in [5.41, 5.74) is 0. The Morgan fingerprint density at radius 1 is 1.43 bits per heavy atom. The van der Waals surface area contributed by atoms with Crippen molar-refractivity contribution in [2.45, 2.75) is 13.8 Å². The predicted octanol–water partition coefficient (Wildman–Crippen LogP) is 3.77. The van der Waals surface area contributed by atoms with Crippen LogP contribution in [0.2, 0.25) is 0 Å². The molecule has 0 saturated carbocycles. The maximum Gasteiger partial charge on any atom is 0.334 e. The van der Waals surface area contributed by atoms with E-state index in [4.69, 9.17) is 20.6 Å². The van der Waals surface area contributed by atoms with Gasteiger partial charge in [-0.15, -0.1) is 0 Å². The highest BCUT2D eigenvalue weighted by Gasteiger charge is 2.21. The lowest BCUT2D eigenvalue weighted by molar-refractivity contribution is 0.222. The summed E-state index contributed by atoms with van der Waals surface area (Å²) < 4.78 is 22.0. The van der Waals surface area contributed by atoms with Crippen molar-refractivity contribution < 1.29 is 13.6 Å². The molecule has 0 amide bonds. The molecule has 0 radical (unpaired) electrons. The molecule has 0 rings (SSSR count). The van der Waals surface area contributed by atoms with E-state index >= 15 is 0 Å². The Labute approximate surface area is 98.5 Å². The molecule has 14 heavy (non-hydrogen) atoms. The van der Waals surface area contributed by atoms with Crippen LogP contribution < -0.4 is 0 Å². The van der Waals surface area contributed by atoms with Crippen molar-refractivity contribution in [2.75, 3.05) is 24.7 Å². The zero-order chi connectivity index (χ0) is 11.0. The van der Waals surface area contributed by atoms with Crippen LogP contribution in [0.25, 0.3) is 0 Å². The molecule has 0 aromatic rings. The molecule has 0 bridgehead atoms. The molecule has 0 atom stereocenters. The topological polar surface area (TPSA) is 35.5 Å². The van der Waals surface area contributed by atoms with Crippen molar-refractivity contribution in [3.63, 3.8) is 0 Å². The van der Waals surface area contributed by atoms with E-state index in [0.717, 1.165) is 0 Å². The summed E-state index contributed by atoms with van der Waals surface area (Å²) in [6.45, 7) is 4.30. The van der Waals surface area contributed by atoms with Crippen molar-refractivity contribution in [1.82, 2.24) is 0 Å². The quantitative estimate of drug-likeness (QED) is 0.530. The number of hydrogen-bond acceptors (Lipinski definition) is 3. The van der Waals surface area contributed by atoms with Gasteiger partial charge in [0.2, 0.25) is 0 Å². The maximum atomic E-state index is 11.9. The van der Waals surface area contributed by atoms with Crippen LogP contribution in [0, 0.1) is 0 Å². The fourth-order valence-corrected chi connectivity index (χ4v) is 2.73. The van der Waals surface area contributed by atoms with E-state index in [1.807, 2.05) is 0 Å². The van der Waals surface area contributed by atoms with Crippen LogP contribution in [0.4, 0.5) is 0 Å². The average Bonchev–Trinajstić information content (AvgIpc) is 2.15. The van der Waals surface area contributed by atoms with Crippen LogP contribution in [-0.2, 0) is 13.6 Å². The monoisotopic (exact) mass is 304 g/mol. The number of alkyl halides is 1. The van der Waals surface area contributed by atoms with Gasteiger partial charge in [-0.1, -0.05) is 33.6 Å². The standard InChI is InChI=1S/C8H15BrClO3P/c1-3-12-14(11,13-4-2)6-5-8(10)7-9/h5H,3-4,6-7H2,1-2H3. The van der Waals surface area contributed by atoms with Crippen LogP contribution in [-0.4, -0.2) is 24.7 Å². The van der Waals surface area contributed by atoms with E-state index in [2.05, 4.69) is 15.9 Å². The van der Waals surface area contributed by atoms with Gasteiger partial charge in [0.15, 0.2) is 0 Å². The first-order chi connectivity index (χ1) is 6.58. The second-order valence-electron chi connectivity index (χ2n) is 2.41. The van der Waals surface area contributed by atoms with Gasteiger partial charge in [0.05, 0.1) is 19.4 Å². The van der Waals surface area contributed by atoms with Crippen LogP contribution in [0.5, 0.6) is 0 Å². The van der Waals surface area contributed by atoms with Gasteiger partial charge in [0.1, 0.15) is 0 Å². The molecule has 0 fully saturated rings. The van der Waals surface area contributed by atoms with Gasteiger partial charge < -0.3 is 9.05 Å². The molecule has 0 N–H and O–H groups in total. The van der Waals surface area contributed by atoms with Crippen molar-refractivity contribution in [1.29, 1.82) is 0 Å². The average molecular weight is 306 g/mol. The minimum Gasteiger partial charge on any atom is -0.309 e. The van der Waals surface area contributed by atoms with E-state index in [1.165, 1.54) is 0 Å². The summed E-state index contributed by atoms with van der Waals surface area (Å²) in [6, 6.07) is 0. The summed E-state index contributed by atoms with van der Waals surface area (Å²) >= 11 is 8.94. The van der Waals surface area contributed by atoms with Crippen molar-refractivity contribution in [3.05, 3.63) is 11.1 Å². The lowest BCUT2D eigenvalue weighted by Crippen LogP contribution is -1.98. The fraction of sp³-hybridized carbons (Fsp3) is 0.750. The molecular formula is C8H15BrClO3P. The first kappa shape index (κ1) is 14.7. The van der Waals surface area contributed by atoms with Crippen LogP contribution in [0.3, 0.4) is 0 Å².